The van der Waals surface area contributed by atoms with Crippen LogP contribution in [0, 0.1) is 0 Å². The minimum Gasteiger partial charge on any atom is -0.384 e. The van der Waals surface area contributed by atoms with Crippen LogP contribution in [0.4, 0.5) is 10.1 Å². The van der Waals surface area contributed by atoms with Crippen LogP contribution in [0.1, 0.15) is 22.2 Å². The van der Waals surface area contributed by atoms with Crippen molar-refractivity contribution in [2.24, 2.45) is 0 Å². The second kappa shape index (κ2) is 3.91. The van der Waals surface area contributed by atoms with Gasteiger partial charge < -0.3 is 5.32 Å². The van der Waals surface area contributed by atoms with Gasteiger partial charge in [0.1, 0.15) is 0 Å². The summed E-state index contributed by atoms with van der Waals surface area (Å²) in [7, 11) is 0. The molecule has 1 unspecified atom stereocenters. The molecule has 0 bridgehead atoms. The molecule has 1 aliphatic rings. The zero-order valence-corrected chi connectivity index (χ0v) is 9.56. The Bertz CT molecular complexity index is 493. The SMILES string of the molecule is FC(c1cccs1)c1cccc2c1NCC2. The van der Waals surface area contributed by atoms with Gasteiger partial charge in [-0.1, -0.05) is 24.3 Å². The second-order valence-corrected chi connectivity index (χ2v) is 4.92. The molecule has 1 nitrogen and oxygen atoms in total. The smallest absolute Gasteiger partial charge is 0.161 e. The fourth-order valence-corrected chi connectivity index (χ4v) is 2.88. The van der Waals surface area contributed by atoms with Gasteiger partial charge in [-0.2, -0.15) is 0 Å². The predicted molar refractivity (Wildman–Crippen MR) is 65.9 cm³/mol. The molecular weight excluding hydrogens is 221 g/mol. The van der Waals surface area contributed by atoms with Gasteiger partial charge in [0.05, 0.1) is 0 Å². The Hall–Kier alpha value is -1.35. The first-order chi connectivity index (χ1) is 7.86. The zero-order valence-electron chi connectivity index (χ0n) is 8.74. The molecule has 1 aromatic carbocycles. The van der Waals surface area contributed by atoms with Gasteiger partial charge >= 0.3 is 0 Å². The topological polar surface area (TPSA) is 12.0 Å². The van der Waals surface area contributed by atoms with Gasteiger partial charge in [-0.25, -0.2) is 4.39 Å². The first-order valence-electron chi connectivity index (χ1n) is 5.39. The van der Waals surface area contributed by atoms with E-state index in [0.717, 1.165) is 29.1 Å². The van der Waals surface area contributed by atoms with Crippen LogP contribution in [0.2, 0.25) is 0 Å². The highest BCUT2D eigenvalue weighted by Gasteiger charge is 2.21. The van der Waals surface area contributed by atoms with Gasteiger partial charge in [-0.05, 0) is 23.4 Å². The lowest BCUT2D eigenvalue weighted by atomic mass is 10.0. The summed E-state index contributed by atoms with van der Waals surface area (Å²) in [4.78, 5) is 0.780. The maximum absolute atomic E-state index is 14.3. The number of para-hydroxylation sites is 1. The van der Waals surface area contributed by atoms with Crippen LogP contribution < -0.4 is 5.32 Å². The third kappa shape index (κ3) is 1.52. The lowest BCUT2D eigenvalue weighted by molar-refractivity contribution is 0.409. The fourth-order valence-electron chi connectivity index (χ4n) is 2.17. The third-order valence-electron chi connectivity index (χ3n) is 2.95. The molecule has 82 valence electrons. The van der Waals surface area contributed by atoms with Crippen LogP contribution in [-0.2, 0) is 6.42 Å². The monoisotopic (exact) mass is 233 g/mol. The first-order valence-corrected chi connectivity index (χ1v) is 6.27. The van der Waals surface area contributed by atoms with Crippen molar-refractivity contribution in [2.45, 2.75) is 12.6 Å². The van der Waals surface area contributed by atoms with Crippen LogP contribution in [0.25, 0.3) is 0 Å². The van der Waals surface area contributed by atoms with Gasteiger partial charge in [0.15, 0.2) is 6.17 Å². The van der Waals surface area contributed by atoms with E-state index in [0.29, 0.717) is 0 Å². The van der Waals surface area contributed by atoms with Crippen molar-refractivity contribution in [3.8, 4) is 0 Å². The molecule has 1 aromatic heterocycles. The fraction of sp³-hybridized carbons (Fsp3) is 0.231. The molecular formula is C13H12FNS. The Balaban J connectivity index is 2.04. The third-order valence-corrected chi connectivity index (χ3v) is 3.85. The van der Waals surface area contributed by atoms with Crippen LogP contribution in [0.3, 0.4) is 0 Å². The molecule has 3 heteroatoms. The molecule has 3 rings (SSSR count). The minimum atomic E-state index is -0.999. The van der Waals surface area contributed by atoms with E-state index in [1.165, 1.54) is 16.9 Å². The Morgan fingerprint density at radius 3 is 3.00 bits per heavy atom. The summed E-state index contributed by atoms with van der Waals surface area (Å²) >= 11 is 1.47. The van der Waals surface area contributed by atoms with E-state index in [1.54, 1.807) is 0 Å². The number of halogens is 1. The van der Waals surface area contributed by atoms with Crippen LogP contribution >= 0.6 is 11.3 Å². The first kappa shape index (κ1) is 9.85. The van der Waals surface area contributed by atoms with E-state index in [4.69, 9.17) is 0 Å². The molecule has 0 saturated carbocycles. The standard InChI is InChI=1S/C13H12FNS/c14-12(11-5-2-8-16-11)10-4-1-3-9-6-7-15-13(9)10/h1-5,8,12,15H,6-7H2. The summed E-state index contributed by atoms with van der Waals surface area (Å²) < 4.78 is 14.3. The number of anilines is 1. The lowest BCUT2D eigenvalue weighted by Gasteiger charge is -2.11. The normalized spacial score (nSPS) is 15.6. The van der Waals surface area contributed by atoms with E-state index in [9.17, 15) is 4.39 Å². The van der Waals surface area contributed by atoms with Crippen molar-refractivity contribution in [3.63, 3.8) is 0 Å². The number of hydrogen-bond donors (Lipinski definition) is 1. The Labute approximate surface area is 97.9 Å². The van der Waals surface area contributed by atoms with E-state index in [1.807, 2.05) is 29.6 Å². The molecule has 0 saturated heterocycles. The second-order valence-electron chi connectivity index (χ2n) is 3.94. The molecule has 1 atom stereocenters. The highest BCUT2D eigenvalue weighted by atomic mass is 32.1. The lowest BCUT2D eigenvalue weighted by Crippen LogP contribution is -1.98. The van der Waals surface area contributed by atoms with Gasteiger partial charge in [-0.15, -0.1) is 11.3 Å². The molecule has 0 radical (unpaired) electrons. The minimum absolute atomic E-state index is 0.775. The number of nitrogens with one attached hydrogen (secondary N) is 1. The predicted octanol–water partition coefficient (Wildman–Crippen LogP) is 3.78. The van der Waals surface area contributed by atoms with Crippen molar-refractivity contribution in [1.82, 2.24) is 0 Å². The summed E-state index contributed by atoms with van der Waals surface area (Å²) in [5.41, 5.74) is 3.01. The van der Waals surface area contributed by atoms with E-state index >= 15 is 0 Å². The summed E-state index contributed by atoms with van der Waals surface area (Å²) in [5.74, 6) is 0. The number of alkyl halides is 1. The Morgan fingerprint density at radius 2 is 2.19 bits per heavy atom. The van der Waals surface area contributed by atoms with Gasteiger partial charge in [0.25, 0.3) is 0 Å². The number of hydrogen-bond acceptors (Lipinski definition) is 2. The van der Waals surface area contributed by atoms with Crippen molar-refractivity contribution >= 4 is 17.0 Å². The van der Waals surface area contributed by atoms with Crippen LogP contribution in [0.5, 0.6) is 0 Å². The van der Waals surface area contributed by atoms with Gasteiger partial charge in [0.2, 0.25) is 0 Å². The van der Waals surface area contributed by atoms with Gasteiger partial charge in [-0.3, -0.25) is 0 Å². The molecule has 0 amide bonds. The Kier molecular flexibility index (Phi) is 2.40. The molecule has 1 N–H and O–H groups in total. The molecule has 0 aliphatic carbocycles. The molecule has 2 heterocycles. The quantitative estimate of drug-likeness (QED) is 0.832. The van der Waals surface area contributed by atoms with Crippen molar-refractivity contribution in [3.05, 3.63) is 51.7 Å². The van der Waals surface area contributed by atoms with Crippen LogP contribution in [0.15, 0.2) is 35.7 Å². The van der Waals surface area contributed by atoms with Crippen molar-refractivity contribution in [1.29, 1.82) is 0 Å². The molecule has 0 spiro atoms. The maximum Gasteiger partial charge on any atom is 0.161 e. The van der Waals surface area contributed by atoms with Crippen molar-refractivity contribution < 1.29 is 4.39 Å². The van der Waals surface area contributed by atoms with E-state index < -0.39 is 6.17 Å². The van der Waals surface area contributed by atoms with E-state index in [-0.39, 0.29) is 0 Å². The summed E-state index contributed by atoms with van der Waals surface area (Å²) in [6.07, 6.45) is 0.000840. The largest absolute Gasteiger partial charge is 0.384 e. The zero-order chi connectivity index (χ0) is 11.0. The number of rotatable bonds is 2. The highest BCUT2D eigenvalue weighted by molar-refractivity contribution is 7.10. The highest BCUT2D eigenvalue weighted by Crippen LogP contribution is 2.37. The number of benzene rings is 1. The van der Waals surface area contributed by atoms with Crippen LogP contribution in [-0.4, -0.2) is 6.54 Å². The average molecular weight is 233 g/mol. The molecule has 2 aromatic rings. The maximum atomic E-state index is 14.3. The Morgan fingerprint density at radius 1 is 1.25 bits per heavy atom. The number of fused-ring (bicyclic) bond motifs is 1. The summed E-state index contributed by atoms with van der Waals surface area (Å²) in [6.45, 7) is 0.920. The molecule has 0 fully saturated rings. The van der Waals surface area contributed by atoms with Gasteiger partial charge in [0, 0.05) is 22.7 Å². The summed E-state index contributed by atoms with van der Waals surface area (Å²) in [5, 5.41) is 5.19. The molecule has 16 heavy (non-hydrogen) atoms. The van der Waals surface area contributed by atoms with Crippen molar-refractivity contribution in [2.75, 3.05) is 11.9 Å². The summed E-state index contributed by atoms with van der Waals surface area (Å²) in [6, 6.07) is 9.63. The average Bonchev–Trinajstić information content (AvgIpc) is 2.98. The number of thiophene rings is 1. The molecule has 1 aliphatic heterocycles. The van der Waals surface area contributed by atoms with E-state index in [2.05, 4.69) is 11.4 Å².